The largest absolute Gasteiger partial charge is 0.367 e. The summed E-state index contributed by atoms with van der Waals surface area (Å²) < 4.78 is 8.36. The molecule has 4 rings (SSSR count). The first-order chi connectivity index (χ1) is 11.8. The van der Waals surface area contributed by atoms with Crippen molar-refractivity contribution >= 4 is 34.4 Å². The highest BCUT2D eigenvalue weighted by atomic mass is 32.1. The monoisotopic (exact) mass is 338 g/mol. The van der Waals surface area contributed by atoms with Crippen LogP contribution in [0.4, 0.5) is 5.69 Å². The second kappa shape index (κ2) is 6.57. The number of hydrogen-bond acceptors (Lipinski definition) is 5. The zero-order chi connectivity index (χ0) is 16.4. The number of amides is 1. The molecule has 6 heteroatoms. The van der Waals surface area contributed by atoms with Gasteiger partial charge in [0.15, 0.2) is 0 Å². The first-order valence-electron chi connectivity index (χ1n) is 8.13. The highest BCUT2D eigenvalue weighted by Gasteiger charge is 2.25. The number of carbonyl (C=O) groups is 1. The van der Waals surface area contributed by atoms with Crippen molar-refractivity contribution in [2.24, 2.45) is 0 Å². The van der Waals surface area contributed by atoms with E-state index in [0.29, 0.717) is 18.2 Å². The van der Waals surface area contributed by atoms with Gasteiger partial charge in [-0.1, -0.05) is 18.2 Å². The lowest BCUT2D eigenvalue weighted by atomic mass is 10.1. The van der Waals surface area contributed by atoms with Gasteiger partial charge in [0.05, 0.1) is 11.7 Å². The Hall–Kier alpha value is -2.47. The summed E-state index contributed by atoms with van der Waals surface area (Å²) in [6.07, 6.45) is 2.26. The summed E-state index contributed by atoms with van der Waals surface area (Å²) in [6, 6.07) is 16.2. The van der Waals surface area contributed by atoms with Crippen molar-refractivity contribution in [2.75, 3.05) is 18.0 Å². The third kappa shape index (κ3) is 2.97. The molecular formula is C18H18N4OS. The van der Waals surface area contributed by atoms with E-state index in [-0.39, 0.29) is 5.91 Å². The number of fused-ring (bicyclic) bond motifs is 1. The quantitative estimate of drug-likeness (QED) is 0.794. The minimum Gasteiger partial charge on any atom is -0.367 e. The maximum Gasteiger partial charge on any atom is 0.251 e. The van der Waals surface area contributed by atoms with Crippen molar-refractivity contribution < 1.29 is 4.79 Å². The van der Waals surface area contributed by atoms with Crippen molar-refractivity contribution in [1.82, 2.24) is 14.1 Å². The minimum absolute atomic E-state index is 0.0511. The van der Waals surface area contributed by atoms with Gasteiger partial charge in [-0.3, -0.25) is 4.79 Å². The maximum atomic E-state index is 12.4. The van der Waals surface area contributed by atoms with Crippen LogP contribution < -0.4 is 10.2 Å². The second-order valence-corrected chi connectivity index (χ2v) is 6.53. The van der Waals surface area contributed by atoms with Crippen LogP contribution in [0.15, 0.2) is 48.5 Å². The van der Waals surface area contributed by atoms with Gasteiger partial charge in [0.25, 0.3) is 5.91 Å². The average molecular weight is 338 g/mol. The van der Waals surface area contributed by atoms with Crippen molar-refractivity contribution in [1.29, 1.82) is 0 Å². The fraction of sp³-hybridized carbons (Fsp3) is 0.278. The zero-order valence-electron chi connectivity index (χ0n) is 13.2. The Morgan fingerprint density at radius 2 is 2.00 bits per heavy atom. The lowest BCUT2D eigenvalue weighted by molar-refractivity contribution is 0.0951. The van der Waals surface area contributed by atoms with Gasteiger partial charge in [0, 0.05) is 30.4 Å². The van der Waals surface area contributed by atoms with E-state index in [1.165, 1.54) is 17.4 Å². The molecule has 3 aromatic rings. The number of nitrogens with one attached hydrogen (secondary N) is 1. The number of anilines is 1. The molecule has 1 aromatic heterocycles. The molecule has 1 aliphatic heterocycles. The summed E-state index contributed by atoms with van der Waals surface area (Å²) in [5.41, 5.74) is 3.48. The van der Waals surface area contributed by atoms with Crippen molar-refractivity contribution in [3.05, 3.63) is 54.1 Å². The standard InChI is InChI=1S/C18H18N4OS/c23-18(13-8-9-16-17(11-13)21-24-20-16)19-12-15-7-4-10-22(15)14-5-2-1-3-6-14/h1-3,5-6,8-9,11,15H,4,7,10,12H2,(H,19,23). The fourth-order valence-corrected chi connectivity index (χ4v) is 3.76. The molecule has 0 aliphatic carbocycles. The molecule has 1 amide bonds. The van der Waals surface area contributed by atoms with E-state index in [0.717, 1.165) is 30.4 Å². The van der Waals surface area contributed by atoms with E-state index in [4.69, 9.17) is 0 Å². The van der Waals surface area contributed by atoms with Crippen LogP contribution >= 0.6 is 11.7 Å². The Balaban J connectivity index is 1.43. The third-order valence-electron chi connectivity index (χ3n) is 4.48. The Kier molecular flexibility index (Phi) is 4.13. The number of hydrogen-bond donors (Lipinski definition) is 1. The minimum atomic E-state index is -0.0511. The Morgan fingerprint density at radius 3 is 2.88 bits per heavy atom. The van der Waals surface area contributed by atoms with E-state index < -0.39 is 0 Å². The molecule has 1 unspecified atom stereocenters. The summed E-state index contributed by atoms with van der Waals surface area (Å²) in [5, 5.41) is 3.07. The molecule has 24 heavy (non-hydrogen) atoms. The van der Waals surface area contributed by atoms with Crippen molar-refractivity contribution in [2.45, 2.75) is 18.9 Å². The lowest BCUT2D eigenvalue weighted by Gasteiger charge is -2.27. The molecule has 1 atom stereocenters. The average Bonchev–Trinajstić information content (AvgIpc) is 3.28. The maximum absolute atomic E-state index is 12.4. The van der Waals surface area contributed by atoms with Gasteiger partial charge in [-0.15, -0.1) is 0 Å². The summed E-state index contributed by atoms with van der Waals surface area (Å²) in [6.45, 7) is 1.70. The summed E-state index contributed by atoms with van der Waals surface area (Å²) in [4.78, 5) is 14.8. The molecule has 0 saturated carbocycles. The first kappa shape index (κ1) is 15.1. The van der Waals surface area contributed by atoms with E-state index in [1.54, 1.807) is 6.07 Å². The molecule has 1 saturated heterocycles. The third-order valence-corrected chi connectivity index (χ3v) is 5.04. The predicted molar refractivity (Wildman–Crippen MR) is 96.6 cm³/mol. The molecule has 0 bridgehead atoms. The number of para-hydroxylation sites is 1. The van der Waals surface area contributed by atoms with E-state index in [1.807, 2.05) is 18.2 Å². The van der Waals surface area contributed by atoms with Crippen LogP contribution in [0.2, 0.25) is 0 Å². The van der Waals surface area contributed by atoms with Gasteiger partial charge in [-0.25, -0.2) is 0 Å². The predicted octanol–water partition coefficient (Wildman–Crippen LogP) is 3.09. The first-order valence-corrected chi connectivity index (χ1v) is 8.86. The van der Waals surface area contributed by atoms with Gasteiger partial charge in [0.2, 0.25) is 0 Å². The van der Waals surface area contributed by atoms with Crippen LogP contribution in [-0.4, -0.2) is 33.8 Å². The van der Waals surface area contributed by atoms with E-state index >= 15 is 0 Å². The van der Waals surface area contributed by atoms with Gasteiger partial charge in [-0.2, -0.15) is 8.75 Å². The normalized spacial score (nSPS) is 17.3. The highest BCUT2D eigenvalue weighted by molar-refractivity contribution is 7.00. The zero-order valence-corrected chi connectivity index (χ0v) is 14.0. The van der Waals surface area contributed by atoms with Crippen LogP contribution in [0.25, 0.3) is 11.0 Å². The second-order valence-electron chi connectivity index (χ2n) is 6.00. The SMILES string of the molecule is O=C(NCC1CCCN1c1ccccc1)c1ccc2nsnc2c1. The Labute approximate surface area is 144 Å². The van der Waals surface area contributed by atoms with Crippen LogP contribution in [-0.2, 0) is 0 Å². The molecule has 0 radical (unpaired) electrons. The summed E-state index contributed by atoms with van der Waals surface area (Å²) in [5.74, 6) is -0.0511. The molecule has 2 aromatic carbocycles. The molecule has 2 heterocycles. The van der Waals surface area contributed by atoms with Crippen LogP contribution in [0.1, 0.15) is 23.2 Å². The number of nitrogens with zero attached hydrogens (tertiary/aromatic N) is 3. The van der Waals surface area contributed by atoms with Gasteiger partial charge in [0.1, 0.15) is 11.0 Å². The van der Waals surface area contributed by atoms with Crippen LogP contribution in [0.3, 0.4) is 0 Å². The number of carbonyl (C=O) groups excluding carboxylic acids is 1. The Morgan fingerprint density at radius 1 is 1.17 bits per heavy atom. The van der Waals surface area contributed by atoms with Crippen LogP contribution in [0, 0.1) is 0 Å². The lowest BCUT2D eigenvalue weighted by Crippen LogP contribution is -2.40. The Bertz CT molecular complexity index is 848. The topological polar surface area (TPSA) is 58.1 Å². The summed E-state index contributed by atoms with van der Waals surface area (Å²) >= 11 is 1.17. The molecule has 0 spiro atoms. The van der Waals surface area contributed by atoms with E-state index in [9.17, 15) is 4.79 Å². The van der Waals surface area contributed by atoms with Gasteiger partial charge < -0.3 is 10.2 Å². The number of rotatable bonds is 4. The molecule has 1 fully saturated rings. The highest BCUT2D eigenvalue weighted by Crippen LogP contribution is 2.24. The van der Waals surface area contributed by atoms with Crippen molar-refractivity contribution in [3.8, 4) is 0 Å². The van der Waals surface area contributed by atoms with Gasteiger partial charge in [-0.05, 0) is 43.2 Å². The van der Waals surface area contributed by atoms with Crippen molar-refractivity contribution in [3.63, 3.8) is 0 Å². The molecule has 1 N–H and O–H groups in total. The fourth-order valence-electron chi connectivity index (χ4n) is 3.24. The van der Waals surface area contributed by atoms with Gasteiger partial charge >= 0.3 is 0 Å². The molecule has 1 aliphatic rings. The summed E-state index contributed by atoms with van der Waals surface area (Å²) in [7, 11) is 0. The molecule has 122 valence electrons. The number of aromatic nitrogens is 2. The smallest absolute Gasteiger partial charge is 0.251 e. The molecular weight excluding hydrogens is 320 g/mol. The van der Waals surface area contributed by atoms with Crippen LogP contribution in [0.5, 0.6) is 0 Å². The van der Waals surface area contributed by atoms with E-state index in [2.05, 4.69) is 43.2 Å². The number of benzene rings is 2. The molecule has 5 nitrogen and oxygen atoms in total.